The smallest absolute Gasteiger partial charge is 0.342 e. The highest BCUT2D eigenvalue weighted by Gasteiger charge is 2.16. The third kappa shape index (κ3) is 2.99. The number of hydrogen-bond donors (Lipinski definition) is 0. The van der Waals surface area contributed by atoms with Gasteiger partial charge in [-0.2, -0.15) is 0 Å². The Bertz CT molecular complexity index is 902. The van der Waals surface area contributed by atoms with E-state index in [1.54, 1.807) is 0 Å². The molecule has 0 unspecified atom stereocenters. The van der Waals surface area contributed by atoms with E-state index >= 15 is 0 Å². The fourth-order valence-electron chi connectivity index (χ4n) is 2.57. The first-order valence-electron chi connectivity index (χ1n) is 7.48. The highest BCUT2D eigenvalue weighted by Crippen LogP contribution is 2.29. The summed E-state index contributed by atoms with van der Waals surface area (Å²) in [5, 5.41) is 3.49. The molecule has 3 aromatic rings. The largest absolute Gasteiger partial charge is 0.425 e. The molecule has 24 heavy (non-hydrogen) atoms. The average Bonchev–Trinajstić information content (AvgIpc) is 2.59. The minimum atomic E-state index is -0.592. The van der Waals surface area contributed by atoms with E-state index in [4.69, 9.17) is 9.47 Å². The third-order valence-electron chi connectivity index (χ3n) is 3.70. The molecule has 0 N–H and O–H groups in total. The number of ether oxygens (including phenoxy) is 2. The van der Waals surface area contributed by atoms with Crippen LogP contribution in [0.1, 0.15) is 17.3 Å². The van der Waals surface area contributed by atoms with Gasteiger partial charge in [0.05, 0.1) is 5.56 Å². The molecule has 0 saturated heterocycles. The number of fused-ring (bicyclic) bond motifs is 2. The van der Waals surface area contributed by atoms with Crippen molar-refractivity contribution in [2.75, 3.05) is 6.79 Å². The molecule has 4 nitrogen and oxygen atoms in total. The zero-order chi connectivity index (χ0) is 17.1. The second-order valence-electron chi connectivity index (χ2n) is 5.46. The molecular formula is C20H16O4. The Hall–Kier alpha value is -3.14. The van der Waals surface area contributed by atoms with E-state index in [9.17, 15) is 9.59 Å². The van der Waals surface area contributed by atoms with E-state index < -0.39 is 18.7 Å². The lowest BCUT2D eigenvalue weighted by molar-refractivity contribution is -0.147. The van der Waals surface area contributed by atoms with Gasteiger partial charge in [0, 0.05) is 5.57 Å². The van der Waals surface area contributed by atoms with Crippen LogP contribution in [0.25, 0.3) is 21.5 Å². The minimum Gasteiger partial charge on any atom is -0.425 e. The number of esters is 2. The highest BCUT2D eigenvalue weighted by molar-refractivity contribution is 6.16. The van der Waals surface area contributed by atoms with Crippen LogP contribution in [0.5, 0.6) is 0 Å². The second kappa shape index (κ2) is 6.54. The van der Waals surface area contributed by atoms with E-state index in [1.165, 1.54) is 6.92 Å². The predicted molar refractivity (Wildman–Crippen MR) is 92.6 cm³/mol. The van der Waals surface area contributed by atoms with Crippen molar-refractivity contribution in [2.24, 2.45) is 0 Å². The summed E-state index contributed by atoms with van der Waals surface area (Å²) in [5.74, 6) is -1.12. The van der Waals surface area contributed by atoms with Crippen molar-refractivity contribution in [3.63, 3.8) is 0 Å². The maximum Gasteiger partial charge on any atom is 0.342 e. The molecule has 0 aliphatic rings. The summed E-state index contributed by atoms with van der Waals surface area (Å²) in [6.07, 6.45) is 0. The topological polar surface area (TPSA) is 52.6 Å². The average molecular weight is 320 g/mol. The summed E-state index contributed by atoms with van der Waals surface area (Å²) < 4.78 is 9.98. The van der Waals surface area contributed by atoms with Crippen LogP contribution in [0.2, 0.25) is 0 Å². The summed E-state index contributed by atoms with van der Waals surface area (Å²) in [7, 11) is 0. The van der Waals surface area contributed by atoms with Crippen molar-refractivity contribution in [1.82, 2.24) is 0 Å². The molecule has 0 aromatic heterocycles. The van der Waals surface area contributed by atoms with Crippen LogP contribution in [0.4, 0.5) is 0 Å². The number of carbonyl (C=O) groups is 2. The fourth-order valence-corrected chi connectivity index (χ4v) is 2.57. The highest BCUT2D eigenvalue weighted by atomic mass is 16.7. The standard InChI is InChI=1S/C20H16O4/c1-13(2)19(21)23-12-24-20(22)18-16-9-5-3-7-14(16)11-15-8-4-6-10-17(15)18/h3-11H,1,12H2,2H3. The normalized spacial score (nSPS) is 10.5. The van der Waals surface area contributed by atoms with Crippen LogP contribution in [-0.4, -0.2) is 18.7 Å². The Morgan fingerprint density at radius 2 is 1.46 bits per heavy atom. The molecule has 0 radical (unpaired) electrons. The second-order valence-corrected chi connectivity index (χ2v) is 5.46. The molecule has 120 valence electrons. The molecular weight excluding hydrogens is 304 g/mol. The summed E-state index contributed by atoms with van der Waals surface area (Å²) in [4.78, 5) is 24.0. The molecule has 0 amide bonds. The lowest BCUT2D eigenvalue weighted by atomic mass is 9.97. The number of hydrogen-bond acceptors (Lipinski definition) is 4. The van der Waals surface area contributed by atoms with Gasteiger partial charge in [-0.15, -0.1) is 0 Å². The first-order valence-corrected chi connectivity index (χ1v) is 7.48. The molecule has 0 atom stereocenters. The van der Waals surface area contributed by atoms with E-state index in [-0.39, 0.29) is 5.57 Å². The summed E-state index contributed by atoms with van der Waals surface area (Å²) in [6.45, 7) is 4.57. The van der Waals surface area contributed by atoms with Gasteiger partial charge in [0.2, 0.25) is 6.79 Å². The van der Waals surface area contributed by atoms with Crippen LogP contribution >= 0.6 is 0 Å². The SMILES string of the molecule is C=C(C)C(=O)OCOC(=O)c1c2ccccc2cc2ccccc12. The zero-order valence-corrected chi connectivity index (χ0v) is 13.2. The van der Waals surface area contributed by atoms with Gasteiger partial charge in [0.25, 0.3) is 0 Å². The third-order valence-corrected chi connectivity index (χ3v) is 3.70. The Morgan fingerprint density at radius 1 is 0.917 bits per heavy atom. The Labute approximate surface area is 139 Å². The minimum absolute atomic E-state index is 0.252. The van der Waals surface area contributed by atoms with Gasteiger partial charge in [-0.1, -0.05) is 55.1 Å². The van der Waals surface area contributed by atoms with Gasteiger partial charge >= 0.3 is 11.9 Å². The lowest BCUT2D eigenvalue weighted by Gasteiger charge is -2.11. The van der Waals surface area contributed by atoms with Crippen molar-refractivity contribution in [1.29, 1.82) is 0 Å². The quantitative estimate of drug-likeness (QED) is 0.312. The van der Waals surface area contributed by atoms with Crippen LogP contribution < -0.4 is 0 Å². The zero-order valence-electron chi connectivity index (χ0n) is 13.2. The van der Waals surface area contributed by atoms with Gasteiger partial charge in [-0.05, 0) is 34.5 Å². The fraction of sp³-hybridized carbons (Fsp3) is 0.100. The summed E-state index contributed by atoms with van der Waals surface area (Å²) in [5.41, 5.74) is 0.719. The molecule has 0 aliphatic carbocycles. The molecule has 3 rings (SSSR count). The Balaban J connectivity index is 1.98. The summed E-state index contributed by atoms with van der Waals surface area (Å²) >= 11 is 0. The Kier molecular flexibility index (Phi) is 4.29. The van der Waals surface area contributed by atoms with Crippen molar-refractivity contribution in [2.45, 2.75) is 6.92 Å². The van der Waals surface area contributed by atoms with Crippen LogP contribution in [0.3, 0.4) is 0 Å². The molecule has 4 heteroatoms. The van der Waals surface area contributed by atoms with E-state index in [0.717, 1.165) is 21.5 Å². The summed E-state index contributed by atoms with van der Waals surface area (Å²) in [6, 6.07) is 17.2. The van der Waals surface area contributed by atoms with Crippen molar-refractivity contribution in [3.05, 3.63) is 72.3 Å². The van der Waals surface area contributed by atoms with Gasteiger partial charge < -0.3 is 9.47 Å². The van der Waals surface area contributed by atoms with Gasteiger partial charge in [0.1, 0.15) is 0 Å². The van der Waals surface area contributed by atoms with Crippen molar-refractivity contribution in [3.8, 4) is 0 Å². The molecule has 0 heterocycles. The van der Waals surface area contributed by atoms with Crippen molar-refractivity contribution < 1.29 is 19.1 Å². The molecule has 3 aromatic carbocycles. The molecule has 0 spiro atoms. The first kappa shape index (κ1) is 15.7. The van der Waals surface area contributed by atoms with E-state index in [1.807, 2.05) is 54.6 Å². The van der Waals surface area contributed by atoms with Gasteiger partial charge in [-0.3, -0.25) is 0 Å². The van der Waals surface area contributed by atoms with Gasteiger partial charge in [0.15, 0.2) is 0 Å². The monoisotopic (exact) mass is 320 g/mol. The Morgan fingerprint density at radius 3 is 2.00 bits per heavy atom. The molecule has 0 fully saturated rings. The number of carbonyl (C=O) groups excluding carboxylic acids is 2. The van der Waals surface area contributed by atoms with Crippen LogP contribution in [-0.2, 0) is 14.3 Å². The number of rotatable bonds is 4. The maximum absolute atomic E-state index is 12.6. The van der Waals surface area contributed by atoms with Crippen molar-refractivity contribution >= 4 is 33.5 Å². The molecule has 0 bridgehead atoms. The number of benzene rings is 3. The molecule has 0 saturated carbocycles. The van der Waals surface area contributed by atoms with Gasteiger partial charge in [-0.25, -0.2) is 9.59 Å². The van der Waals surface area contributed by atoms with Crippen LogP contribution in [0.15, 0.2) is 66.7 Å². The molecule has 0 aliphatic heterocycles. The lowest BCUT2D eigenvalue weighted by Crippen LogP contribution is -2.13. The van der Waals surface area contributed by atoms with E-state index in [2.05, 4.69) is 6.58 Å². The maximum atomic E-state index is 12.6. The first-order chi connectivity index (χ1) is 11.6. The van der Waals surface area contributed by atoms with E-state index in [0.29, 0.717) is 5.56 Å². The van der Waals surface area contributed by atoms with Crippen LogP contribution in [0, 0.1) is 0 Å². The predicted octanol–water partition coefficient (Wildman–Crippen LogP) is 4.23.